The van der Waals surface area contributed by atoms with Crippen LogP contribution in [0.2, 0.25) is 0 Å². The van der Waals surface area contributed by atoms with Crippen molar-refractivity contribution in [1.29, 1.82) is 0 Å². The minimum absolute atomic E-state index is 0.00117. The first-order valence-electron chi connectivity index (χ1n) is 8.50. The molecule has 12 nitrogen and oxygen atoms in total. The number of benzene rings is 1. The maximum atomic E-state index is 12.8. The Morgan fingerprint density at radius 2 is 2.17 bits per heavy atom. The van der Waals surface area contributed by atoms with Gasteiger partial charge in [-0.3, -0.25) is 4.79 Å². The van der Waals surface area contributed by atoms with E-state index in [1.54, 1.807) is 18.2 Å². The van der Waals surface area contributed by atoms with Crippen LogP contribution in [0.4, 0.5) is 5.82 Å². The normalized spacial score (nSPS) is 12.5. The Hall–Kier alpha value is -4.26. The summed E-state index contributed by atoms with van der Waals surface area (Å²) >= 11 is 1.52. The van der Waals surface area contributed by atoms with E-state index in [1.165, 1.54) is 22.2 Å². The maximum Gasteiger partial charge on any atom is 0.294 e. The molecule has 5 rings (SSSR count). The number of amides is 1. The van der Waals surface area contributed by atoms with Crippen LogP contribution in [0.25, 0.3) is 17.1 Å². The lowest BCUT2D eigenvalue weighted by atomic mass is 10.1. The number of hydrogen-bond donors (Lipinski definition) is 2. The zero-order valence-electron chi connectivity index (χ0n) is 15.1. The fraction of sp³-hybridized carbons (Fsp3) is 0.0588. The summed E-state index contributed by atoms with van der Waals surface area (Å²) in [4.78, 5) is 12.8. The molecule has 1 aliphatic heterocycles. The van der Waals surface area contributed by atoms with E-state index in [4.69, 9.17) is 15.2 Å². The average molecular weight is 424 g/mol. The van der Waals surface area contributed by atoms with Crippen molar-refractivity contribution in [3.05, 3.63) is 46.3 Å². The van der Waals surface area contributed by atoms with Gasteiger partial charge in [-0.15, -0.1) is 5.10 Å². The summed E-state index contributed by atoms with van der Waals surface area (Å²) in [6.45, 7) is 0.112. The largest absolute Gasteiger partial charge is 0.454 e. The first kappa shape index (κ1) is 17.8. The van der Waals surface area contributed by atoms with Crippen LogP contribution in [0.1, 0.15) is 16.1 Å². The van der Waals surface area contributed by atoms with Gasteiger partial charge in [0.15, 0.2) is 17.2 Å². The predicted octanol–water partition coefficient (Wildman–Crippen LogP) is 1.45. The summed E-state index contributed by atoms with van der Waals surface area (Å²) in [5.74, 6) is 0.621. The second kappa shape index (κ2) is 7.29. The fourth-order valence-electron chi connectivity index (χ4n) is 2.79. The number of fused-ring (bicyclic) bond motifs is 1. The Kier molecular flexibility index (Phi) is 4.33. The molecule has 13 heteroatoms. The molecule has 0 aliphatic carbocycles. The molecule has 3 N–H and O–H groups in total. The number of nitrogens with one attached hydrogen (secondary N) is 1. The van der Waals surface area contributed by atoms with Gasteiger partial charge in [-0.25, -0.2) is 10.1 Å². The van der Waals surface area contributed by atoms with E-state index < -0.39 is 5.91 Å². The number of hydrogen-bond acceptors (Lipinski definition) is 11. The Balaban J connectivity index is 1.55. The molecule has 1 aliphatic rings. The van der Waals surface area contributed by atoms with E-state index in [0.29, 0.717) is 22.8 Å². The number of nitrogens with zero attached hydrogens (tertiary/aromatic N) is 6. The standard InChI is InChI=1S/C17H12N8O4S/c18-15-16(23-29-22-15)25-14(10-1-2-11-12(5-10)28-8-27-11)13(20-24-25)17(26)21-19-6-9-3-4-30-7-9/h1-7H,8H2,(H2,18,22)(H,21,26). The number of carbonyl (C=O) groups excluding carboxylic acids is 1. The third-order valence-electron chi connectivity index (χ3n) is 4.15. The van der Waals surface area contributed by atoms with Gasteiger partial charge in [-0.1, -0.05) is 5.21 Å². The zero-order valence-corrected chi connectivity index (χ0v) is 15.9. The van der Waals surface area contributed by atoms with Gasteiger partial charge in [0.1, 0.15) is 5.69 Å². The molecule has 4 aromatic rings. The quantitative estimate of drug-likeness (QED) is 0.357. The Labute approximate surface area is 171 Å². The summed E-state index contributed by atoms with van der Waals surface area (Å²) in [6, 6.07) is 7.02. The van der Waals surface area contributed by atoms with Gasteiger partial charge >= 0.3 is 0 Å². The molecular formula is C17H12N8O4S. The second-order valence-electron chi connectivity index (χ2n) is 6.00. The Morgan fingerprint density at radius 1 is 1.27 bits per heavy atom. The highest BCUT2D eigenvalue weighted by atomic mass is 32.1. The lowest BCUT2D eigenvalue weighted by Crippen LogP contribution is -2.19. The average Bonchev–Trinajstić information content (AvgIpc) is 3.53. The van der Waals surface area contributed by atoms with Crippen molar-refractivity contribution in [2.75, 3.05) is 12.5 Å². The third kappa shape index (κ3) is 3.12. The maximum absolute atomic E-state index is 12.8. The van der Waals surface area contributed by atoms with Crippen LogP contribution >= 0.6 is 11.3 Å². The first-order chi connectivity index (χ1) is 14.7. The molecule has 0 unspecified atom stereocenters. The summed E-state index contributed by atoms with van der Waals surface area (Å²) < 4.78 is 16.7. The van der Waals surface area contributed by atoms with Crippen molar-refractivity contribution in [3.63, 3.8) is 0 Å². The SMILES string of the molecule is Nc1nonc1-n1nnc(C(=O)NN=Cc2ccsc2)c1-c1ccc2c(c1)OCO2. The number of aromatic nitrogens is 5. The zero-order chi connectivity index (χ0) is 20.5. The monoisotopic (exact) mass is 424 g/mol. The lowest BCUT2D eigenvalue weighted by molar-refractivity contribution is 0.0950. The van der Waals surface area contributed by atoms with E-state index in [2.05, 4.69) is 35.8 Å². The van der Waals surface area contributed by atoms with Crippen LogP contribution in [0.5, 0.6) is 11.5 Å². The van der Waals surface area contributed by atoms with Crippen LogP contribution in [0.15, 0.2) is 44.8 Å². The van der Waals surface area contributed by atoms with Crippen LogP contribution in [-0.4, -0.2) is 44.2 Å². The van der Waals surface area contributed by atoms with Gasteiger partial charge in [0.25, 0.3) is 5.91 Å². The fourth-order valence-corrected chi connectivity index (χ4v) is 3.40. The molecule has 0 saturated carbocycles. The number of ether oxygens (including phenoxy) is 2. The number of carbonyl (C=O) groups is 1. The number of rotatable bonds is 5. The topological polar surface area (TPSA) is 156 Å². The number of anilines is 1. The van der Waals surface area contributed by atoms with Crippen LogP contribution in [0.3, 0.4) is 0 Å². The van der Waals surface area contributed by atoms with Gasteiger partial charge in [0, 0.05) is 11.1 Å². The molecular weight excluding hydrogens is 412 g/mol. The van der Waals surface area contributed by atoms with Gasteiger partial charge in [-0.05, 0) is 45.3 Å². The minimum atomic E-state index is -0.574. The van der Waals surface area contributed by atoms with Crippen molar-refractivity contribution >= 4 is 29.3 Å². The van der Waals surface area contributed by atoms with Crippen molar-refractivity contribution < 1.29 is 18.9 Å². The molecule has 0 atom stereocenters. The number of thiophene rings is 1. The number of nitrogen functional groups attached to an aromatic ring is 1. The third-order valence-corrected chi connectivity index (χ3v) is 4.85. The van der Waals surface area contributed by atoms with E-state index in [9.17, 15) is 4.79 Å². The van der Waals surface area contributed by atoms with Crippen LogP contribution in [0, 0.1) is 0 Å². The highest BCUT2D eigenvalue weighted by molar-refractivity contribution is 7.08. The summed E-state index contributed by atoms with van der Waals surface area (Å²) in [5, 5.41) is 23.1. The van der Waals surface area contributed by atoms with Crippen molar-refractivity contribution in [2.24, 2.45) is 5.10 Å². The molecule has 0 saturated heterocycles. The highest BCUT2D eigenvalue weighted by Crippen LogP contribution is 2.37. The Bertz CT molecular complexity index is 1250. The van der Waals surface area contributed by atoms with Crippen molar-refractivity contribution in [1.82, 2.24) is 30.7 Å². The second-order valence-corrected chi connectivity index (χ2v) is 6.78. The van der Waals surface area contributed by atoms with Gasteiger partial charge in [0.05, 0.1) is 6.21 Å². The summed E-state index contributed by atoms with van der Waals surface area (Å²) in [5.41, 5.74) is 9.99. The van der Waals surface area contributed by atoms with E-state index in [-0.39, 0.29) is 24.1 Å². The van der Waals surface area contributed by atoms with Gasteiger partial charge < -0.3 is 15.2 Å². The molecule has 1 amide bonds. The van der Waals surface area contributed by atoms with E-state index in [0.717, 1.165) is 5.56 Å². The van der Waals surface area contributed by atoms with Crippen molar-refractivity contribution in [3.8, 4) is 28.6 Å². The first-order valence-corrected chi connectivity index (χ1v) is 9.44. The molecule has 1 aromatic carbocycles. The Morgan fingerprint density at radius 3 is 2.97 bits per heavy atom. The molecule has 4 heterocycles. The van der Waals surface area contributed by atoms with E-state index >= 15 is 0 Å². The van der Waals surface area contributed by atoms with Crippen LogP contribution < -0.4 is 20.6 Å². The highest BCUT2D eigenvalue weighted by Gasteiger charge is 2.26. The molecule has 30 heavy (non-hydrogen) atoms. The minimum Gasteiger partial charge on any atom is -0.454 e. The summed E-state index contributed by atoms with van der Waals surface area (Å²) in [6.07, 6.45) is 1.53. The predicted molar refractivity (Wildman–Crippen MR) is 105 cm³/mol. The lowest BCUT2D eigenvalue weighted by Gasteiger charge is -2.06. The molecule has 150 valence electrons. The molecule has 0 spiro atoms. The van der Waals surface area contributed by atoms with Gasteiger partial charge in [-0.2, -0.15) is 21.1 Å². The smallest absolute Gasteiger partial charge is 0.294 e. The van der Waals surface area contributed by atoms with E-state index in [1.807, 2.05) is 16.8 Å². The number of hydrazone groups is 1. The summed E-state index contributed by atoms with van der Waals surface area (Å²) in [7, 11) is 0. The van der Waals surface area contributed by atoms with Crippen LogP contribution in [-0.2, 0) is 0 Å². The molecule has 0 fully saturated rings. The van der Waals surface area contributed by atoms with Gasteiger partial charge in [0.2, 0.25) is 18.4 Å². The van der Waals surface area contributed by atoms with Crippen molar-refractivity contribution in [2.45, 2.75) is 0 Å². The molecule has 0 radical (unpaired) electrons. The number of nitrogens with two attached hydrogens (primary N) is 1. The molecule has 3 aromatic heterocycles. The molecule has 0 bridgehead atoms.